The van der Waals surface area contributed by atoms with Crippen LogP contribution in [0.2, 0.25) is 0 Å². The molecule has 0 radical (unpaired) electrons. The molecule has 2 aliphatic rings. The summed E-state index contributed by atoms with van der Waals surface area (Å²) >= 11 is 0. The largest absolute Gasteiger partial charge is 0.464 e. The Morgan fingerprint density at radius 1 is 0.277 bits per heavy atom. The molecule has 0 saturated heterocycles. The summed E-state index contributed by atoms with van der Waals surface area (Å²) in [6.07, 6.45) is 1.73. The van der Waals surface area contributed by atoms with Crippen molar-refractivity contribution in [2.45, 2.75) is 5.41 Å². The molecular weight excluding hydrogens is 787 g/mol. The fourth-order valence-electron chi connectivity index (χ4n) is 10.9. The van der Waals surface area contributed by atoms with E-state index in [2.05, 4.69) is 235 Å². The second-order valence-corrected chi connectivity index (χ2v) is 17.2. The van der Waals surface area contributed by atoms with E-state index in [0.717, 1.165) is 39.5 Å². The SMILES string of the molecule is c1ccc(-c2ccc(N(c3ccc(-c4cccc(-c5ccco5)c4)cc3)c3ccc4c(c3)-c3ccccc3-c3ccccc3C43c4ccccc4-c4cc5ccccc5cc43)cc2)cc1. The molecule has 10 aromatic carbocycles. The number of rotatable bonds is 6. The van der Waals surface area contributed by atoms with Gasteiger partial charge in [0.25, 0.3) is 0 Å². The summed E-state index contributed by atoms with van der Waals surface area (Å²) in [5.74, 6) is 0.862. The van der Waals surface area contributed by atoms with Gasteiger partial charge < -0.3 is 9.32 Å². The van der Waals surface area contributed by atoms with Crippen molar-refractivity contribution in [1.82, 2.24) is 0 Å². The molecule has 1 unspecified atom stereocenters. The Bertz CT molecular complexity index is 3590. The van der Waals surface area contributed by atoms with E-state index >= 15 is 0 Å². The first-order valence-corrected chi connectivity index (χ1v) is 22.4. The second-order valence-electron chi connectivity index (χ2n) is 17.2. The molecule has 0 saturated carbocycles. The highest BCUT2D eigenvalue weighted by Gasteiger charge is 2.50. The molecule has 11 aromatic rings. The van der Waals surface area contributed by atoms with E-state index in [0.29, 0.717) is 0 Å². The van der Waals surface area contributed by atoms with E-state index in [-0.39, 0.29) is 0 Å². The normalized spacial score (nSPS) is 14.2. The first-order chi connectivity index (χ1) is 32.2. The summed E-state index contributed by atoms with van der Waals surface area (Å²) in [4.78, 5) is 2.41. The molecule has 1 aromatic heterocycles. The van der Waals surface area contributed by atoms with Crippen LogP contribution in [-0.4, -0.2) is 0 Å². The highest BCUT2D eigenvalue weighted by molar-refractivity contribution is 6.01. The molecule has 304 valence electrons. The molecular formula is C63H41NO. The van der Waals surface area contributed by atoms with Gasteiger partial charge in [-0.15, -0.1) is 0 Å². The van der Waals surface area contributed by atoms with Crippen molar-refractivity contribution in [1.29, 1.82) is 0 Å². The molecule has 1 spiro atoms. The van der Waals surface area contributed by atoms with Gasteiger partial charge in [-0.25, -0.2) is 0 Å². The Morgan fingerprint density at radius 2 is 0.769 bits per heavy atom. The van der Waals surface area contributed by atoms with Gasteiger partial charge in [-0.3, -0.25) is 0 Å². The Balaban J connectivity index is 1.04. The minimum Gasteiger partial charge on any atom is -0.464 e. The fourth-order valence-corrected chi connectivity index (χ4v) is 10.9. The molecule has 0 N–H and O–H groups in total. The number of hydrogen-bond donors (Lipinski definition) is 0. The first kappa shape index (κ1) is 37.1. The van der Waals surface area contributed by atoms with Crippen molar-refractivity contribution in [3.63, 3.8) is 0 Å². The lowest BCUT2D eigenvalue weighted by Crippen LogP contribution is -2.29. The van der Waals surface area contributed by atoms with Crippen molar-refractivity contribution in [2.75, 3.05) is 4.90 Å². The van der Waals surface area contributed by atoms with Crippen LogP contribution in [0.5, 0.6) is 0 Å². The highest BCUT2D eigenvalue weighted by atomic mass is 16.3. The van der Waals surface area contributed by atoms with E-state index in [1.54, 1.807) is 6.26 Å². The molecule has 1 heterocycles. The van der Waals surface area contributed by atoms with Crippen molar-refractivity contribution in [2.24, 2.45) is 0 Å². The molecule has 2 aliphatic carbocycles. The maximum Gasteiger partial charge on any atom is 0.133 e. The van der Waals surface area contributed by atoms with Crippen LogP contribution < -0.4 is 4.90 Å². The minimum absolute atomic E-state index is 0.576. The zero-order valence-electron chi connectivity index (χ0n) is 35.5. The number of nitrogens with zero attached hydrogens (tertiary/aromatic N) is 1. The van der Waals surface area contributed by atoms with Crippen LogP contribution in [0, 0.1) is 0 Å². The highest BCUT2D eigenvalue weighted by Crippen LogP contribution is 2.62. The lowest BCUT2D eigenvalue weighted by Gasteiger charge is -2.36. The van der Waals surface area contributed by atoms with Crippen LogP contribution in [0.25, 0.3) is 77.7 Å². The van der Waals surface area contributed by atoms with Gasteiger partial charge in [0.2, 0.25) is 0 Å². The molecule has 0 bridgehead atoms. The van der Waals surface area contributed by atoms with E-state index in [1.165, 1.54) is 77.5 Å². The molecule has 1 atom stereocenters. The monoisotopic (exact) mass is 827 g/mol. The number of hydrogen-bond acceptors (Lipinski definition) is 2. The van der Waals surface area contributed by atoms with E-state index in [9.17, 15) is 0 Å². The molecule has 13 rings (SSSR count). The van der Waals surface area contributed by atoms with Gasteiger partial charge in [0, 0.05) is 22.6 Å². The van der Waals surface area contributed by atoms with Crippen LogP contribution in [0.15, 0.2) is 253 Å². The van der Waals surface area contributed by atoms with E-state index in [4.69, 9.17) is 4.42 Å². The van der Waals surface area contributed by atoms with Gasteiger partial charge in [0.1, 0.15) is 5.76 Å². The Kier molecular flexibility index (Phi) is 8.47. The summed E-state index contributed by atoms with van der Waals surface area (Å²) in [6, 6.07) is 89.3. The summed E-state index contributed by atoms with van der Waals surface area (Å²) in [7, 11) is 0. The zero-order chi connectivity index (χ0) is 42.9. The number of furan rings is 1. The Hall–Kier alpha value is -8.46. The molecule has 0 amide bonds. The van der Waals surface area contributed by atoms with Gasteiger partial charge in [0.05, 0.1) is 11.7 Å². The average Bonchev–Trinajstić information content (AvgIpc) is 4.00. The van der Waals surface area contributed by atoms with Crippen LogP contribution in [0.3, 0.4) is 0 Å². The minimum atomic E-state index is -0.576. The third-order valence-electron chi connectivity index (χ3n) is 13.8. The predicted molar refractivity (Wildman–Crippen MR) is 269 cm³/mol. The zero-order valence-corrected chi connectivity index (χ0v) is 35.5. The van der Waals surface area contributed by atoms with Gasteiger partial charge in [-0.1, -0.05) is 176 Å². The Labute approximate surface area is 379 Å². The quantitative estimate of drug-likeness (QED) is 0.166. The van der Waals surface area contributed by atoms with Crippen molar-refractivity contribution >= 4 is 27.8 Å². The van der Waals surface area contributed by atoms with Crippen LogP contribution >= 0.6 is 0 Å². The maximum atomic E-state index is 5.76. The fraction of sp³-hybridized carbons (Fsp3) is 0.0159. The van der Waals surface area contributed by atoms with Crippen molar-refractivity contribution < 1.29 is 4.42 Å². The number of benzene rings is 10. The molecule has 0 fully saturated rings. The predicted octanol–water partition coefficient (Wildman–Crippen LogP) is 16.9. The van der Waals surface area contributed by atoms with Crippen LogP contribution in [0.4, 0.5) is 17.1 Å². The van der Waals surface area contributed by atoms with Crippen LogP contribution in [-0.2, 0) is 5.41 Å². The smallest absolute Gasteiger partial charge is 0.133 e. The maximum absolute atomic E-state index is 5.76. The molecule has 2 heteroatoms. The first-order valence-electron chi connectivity index (χ1n) is 22.4. The number of fused-ring (bicyclic) bond motifs is 13. The molecule has 0 aliphatic heterocycles. The van der Waals surface area contributed by atoms with Gasteiger partial charge >= 0.3 is 0 Å². The summed E-state index contributed by atoms with van der Waals surface area (Å²) < 4.78 is 5.76. The third-order valence-corrected chi connectivity index (χ3v) is 13.8. The third kappa shape index (κ3) is 5.81. The number of anilines is 3. The van der Waals surface area contributed by atoms with Gasteiger partial charge in [-0.05, 0) is 155 Å². The van der Waals surface area contributed by atoms with Crippen LogP contribution in [0.1, 0.15) is 22.3 Å². The van der Waals surface area contributed by atoms with E-state index in [1.807, 2.05) is 12.1 Å². The van der Waals surface area contributed by atoms with E-state index < -0.39 is 5.41 Å². The Morgan fingerprint density at radius 3 is 1.45 bits per heavy atom. The lowest BCUT2D eigenvalue weighted by molar-refractivity contribution is 0.582. The second kappa shape index (κ2) is 14.8. The van der Waals surface area contributed by atoms with Crippen molar-refractivity contribution in [3.8, 4) is 67.0 Å². The van der Waals surface area contributed by atoms with Gasteiger partial charge in [-0.2, -0.15) is 0 Å². The molecule has 65 heavy (non-hydrogen) atoms. The summed E-state index contributed by atoms with van der Waals surface area (Å²) in [5, 5.41) is 2.50. The topological polar surface area (TPSA) is 16.4 Å². The molecule has 2 nitrogen and oxygen atoms in total. The average molecular weight is 828 g/mol. The standard InChI is InChI=1S/C63H41NO/c1-2-14-42(15-3-1)43-27-31-49(32-28-43)64(50-33-29-44(30-34-50)45-18-12-19-48(38-45)62-26-13-37-65-62)51-35-36-60-57(41-51)53-21-7-6-20-52(53)54-22-8-10-24-58(54)63(60)59-25-11-9-23-55(59)56-39-46-16-4-5-17-47(46)40-61(56)63/h1-41H. The van der Waals surface area contributed by atoms with Crippen molar-refractivity contribution in [3.05, 3.63) is 271 Å². The summed E-state index contributed by atoms with van der Waals surface area (Å²) in [6.45, 7) is 0. The summed E-state index contributed by atoms with van der Waals surface area (Å²) in [5.41, 5.74) is 21.2. The van der Waals surface area contributed by atoms with Gasteiger partial charge in [0.15, 0.2) is 0 Å². The lowest BCUT2D eigenvalue weighted by atomic mass is 9.65.